The van der Waals surface area contributed by atoms with E-state index in [1.54, 1.807) is 18.2 Å². The van der Waals surface area contributed by atoms with Crippen molar-refractivity contribution in [3.05, 3.63) is 95.5 Å². The minimum absolute atomic E-state index is 0. The van der Waals surface area contributed by atoms with Crippen LogP contribution in [0, 0.1) is 25.8 Å². The summed E-state index contributed by atoms with van der Waals surface area (Å²) in [6.45, 7) is 6.81. The summed E-state index contributed by atoms with van der Waals surface area (Å²) < 4.78 is 77.4. The van der Waals surface area contributed by atoms with E-state index >= 15 is 0 Å². The minimum Gasteiger partial charge on any atom is -0.512 e. The van der Waals surface area contributed by atoms with E-state index in [0.717, 1.165) is 21.9 Å². The van der Waals surface area contributed by atoms with E-state index in [-0.39, 0.29) is 37.1 Å². The third kappa shape index (κ3) is 7.58. The maximum atomic E-state index is 14.2. The number of aromatic nitrogens is 2. The second kappa shape index (κ2) is 12.8. The standard InChI is InChI=1S/C25H16F3N2.C7H9F3O2.Ir/c1-14-7-15(2)9-19(8-14)23-21-12-18-10-16-5-3-4-6-17(16)11-20(18)22(25(26,27)28)24(21)30-13-29-23;1-4(2)5(11)3-6(12)7(8,9)10;/h3-8,10-13H,1-2H3;3-4,11H,1-2H3;/q-1;;/b;5-3-;. The number of aryl methyl sites for hydroxylation is 2. The van der Waals surface area contributed by atoms with Crippen molar-refractivity contribution < 1.29 is 56.3 Å². The van der Waals surface area contributed by atoms with Gasteiger partial charge in [0.25, 0.3) is 5.78 Å². The number of aliphatic hydroxyl groups is 1. The number of aliphatic hydroxyl groups excluding tert-OH is 1. The zero-order valence-corrected chi connectivity index (χ0v) is 25.7. The fraction of sp³-hybridized carbons (Fsp3) is 0.219. The molecule has 5 rings (SSSR count). The number of rotatable bonds is 3. The second-order valence-electron chi connectivity index (χ2n) is 10.1. The van der Waals surface area contributed by atoms with Gasteiger partial charge in [-0.15, -0.1) is 34.9 Å². The monoisotopic (exact) mass is 776 g/mol. The summed E-state index contributed by atoms with van der Waals surface area (Å²) in [5, 5.41) is 11.5. The number of nitrogens with zero attached hydrogens (tertiary/aromatic N) is 2. The molecule has 5 aromatic rings. The Labute approximate surface area is 256 Å². The van der Waals surface area contributed by atoms with Crippen LogP contribution in [0.25, 0.3) is 43.7 Å². The Morgan fingerprint density at radius 3 is 2.05 bits per heavy atom. The number of carbonyl (C=O) groups is 1. The number of carbonyl (C=O) groups excluding carboxylic acids is 1. The zero-order valence-electron chi connectivity index (χ0n) is 23.3. The first-order valence-corrected chi connectivity index (χ1v) is 12.8. The molecule has 1 heterocycles. The van der Waals surface area contributed by atoms with Crippen molar-refractivity contribution >= 4 is 38.2 Å². The Bertz CT molecular complexity index is 1830. The SMILES string of the molecule is CC(C)/C(O)=C/C(=O)C(F)(F)F.Cc1[c-]c(-c2ncnc3c(C(F)(F)F)c4cc5ccccc5cc4cc23)cc(C)c1.[Ir]. The summed E-state index contributed by atoms with van der Waals surface area (Å²) in [4.78, 5) is 18.6. The molecule has 1 N–H and O–H groups in total. The molecular formula is C32H25F6IrN2O2-. The molecule has 0 fully saturated rings. The van der Waals surface area contributed by atoms with Gasteiger partial charge in [-0.2, -0.15) is 26.3 Å². The number of hydrogen-bond donors (Lipinski definition) is 1. The quantitative estimate of drug-likeness (QED) is 0.0653. The van der Waals surface area contributed by atoms with Gasteiger partial charge < -0.3 is 5.11 Å². The number of benzene rings is 4. The van der Waals surface area contributed by atoms with Crippen LogP contribution in [0.2, 0.25) is 0 Å². The first kappa shape index (κ1) is 33.7. The summed E-state index contributed by atoms with van der Waals surface area (Å²) >= 11 is 0. The van der Waals surface area contributed by atoms with Crippen molar-refractivity contribution in [2.75, 3.05) is 0 Å². The number of fused-ring (bicyclic) bond motifs is 3. The fourth-order valence-electron chi connectivity index (χ4n) is 4.52. The molecule has 4 aromatic carbocycles. The predicted molar refractivity (Wildman–Crippen MR) is 150 cm³/mol. The summed E-state index contributed by atoms with van der Waals surface area (Å²) in [6.07, 6.45) is -8.06. The molecule has 227 valence electrons. The topological polar surface area (TPSA) is 63.1 Å². The fourth-order valence-corrected chi connectivity index (χ4v) is 4.52. The minimum atomic E-state index is -4.90. The second-order valence-corrected chi connectivity index (χ2v) is 10.1. The molecule has 43 heavy (non-hydrogen) atoms. The van der Waals surface area contributed by atoms with Crippen LogP contribution in [0.1, 0.15) is 30.5 Å². The largest absolute Gasteiger partial charge is 0.512 e. The predicted octanol–water partition coefficient (Wildman–Crippen LogP) is 9.25. The molecule has 4 nitrogen and oxygen atoms in total. The van der Waals surface area contributed by atoms with Crippen LogP contribution < -0.4 is 0 Å². The third-order valence-electron chi connectivity index (χ3n) is 6.44. The van der Waals surface area contributed by atoms with E-state index in [2.05, 4.69) is 16.0 Å². The molecule has 11 heteroatoms. The summed E-state index contributed by atoms with van der Waals surface area (Å²) in [5.74, 6) is -3.07. The van der Waals surface area contributed by atoms with Gasteiger partial charge in [0.2, 0.25) is 0 Å². The van der Waals surface area contributed by atoms with Gasteiger partial charge in [0.05, 0.1) is 16.8 Å². The van der Waals surface area contributed by atoms with E-state index in [1.165, 1.54) is 20.2 Å². The molecule has 0 saturated carbocycles. The van der Waals surface area contributed by atoms with Gasteiger partial charge >= 0.3 is 12.4 Å². The maximum Gasteiger partial charge on any atom is 0.454 e. The van der Waals surface area contributed by atoms with E-state index in [0.29, 0.717) is 22.0 Å². The van der Waals surface area contributed by atoms with E-state index in [1.807, 2.05) is 50.2 Å². The van der Waals surface area contributed by atoms with E-state index in [4.69, 9.17) is 5.11 Å². The van der Waals surface area contributed by atoms with Crippen molar-refractivity contribution in [1.29, 1.82) is 0 Å². The summed E-state index contributed by atoms with van der Waals surface area (Å²) in [6, 6.07) is 19.6. The van der Waals surface area contributed by atoms with Crippen molar-refractivity contribution in [3.63, 3.8) is 0 Å². The Kier molecular flexibility index (Phi) is 10.0. The summed E-state index contributed by atoms with van der Waals surface area (Å²) in [5.41, 5.74) is 2.19. The van der Waals surface area contributed by atoms with Crippen LogP contribution in [0.4, 0.5) is 26.3 Å². The van der Waals surface area contributed by atoms with Crippen LogP contribution in [0.15, 0.2) is 72.8 Å². The van der Waals surface area contributed by atoms with Gasteiger partial charge in [0.1, 0.15) is 6.33 Å². The number of alkyl halides is 6. The van der Waals surface area contributed by atoms with Crippen molar-refractivity contribution in [1.82, 2.24) is 9.97 Å². The van der Waals surface area contributed by atoms with Crippen molar-refractivity contribution in [2.24, 2.45) is 5.92 Å². The van der Waals surface area contributed by atoms with Crippen LogP contribution in [0.3, 0.4) is 0 Å². The molecule has 0 aliphatic carbocycles. The summed E-state index contributed by atoms with van der Waals surface area (Å²) in [7, 11) is 0. The first-order chi connectivity index (χ1) is 19.6. The van der Waals surface area contributed by atoms with Gasteiger partial charge in [-0.1, -0.05) is 58.0 Å². The molecule has 0 aliphatic rings. The Morgan fingerprint density at radius 1 is 0.884 bits per heavy atom. The normalized spacial score (nSPS) is 12.3. The number of ketones is 1. The first-order valence-electron chi connectivity index (χ1n) is 12.8. The molecule has 0 unspecified atom stereocenters. The molecule has 1 aromatic heterocycles. The third-order valence-corrected chi connectivity index (χ3v) is 6.44. The van der Waals surface area contributed by atoms with Gasteiger partial charge in [-0.25, -0.2) is 4.98 Å². The molecule has 0 spiro atoms. The van der Waals surface area contributed by atoms with Crippen LogP contribution in [-0.2, 0) is 31.1 Å². The van der Waals surface area contributed by atoms with E-state index in [9.17, 15) is 31.1 Å². The Morgan fingerprint density at radius 2 is 1.49 bits per heavy atom. The van der Waals surface area contributed by atoms with Crippen LogP contribution in [0.5, 0.6) is 0 Å². The Hall–Kier alpha value is -3.82. The molecule has 0 amide bonds. The average Bonchev–Trinajstić information content (AvgIpc) is 2.88. The molecular weight excluding hydrogens is 751 g/mol. The number of halogens is 6. The smallest absolute Gasteiger partial charge is 0.454 e. The van der Waals surface area contributed by atoms with Gasteiger partial charge in [-0.3, -0.25) is 9.78 Å². The number of hydrogen-bond acceptors (Lipinski definition) is 4. The Balaban J connectivity index is 0.000000334. The van der Waals surface area contributed by atoms with Crippen LogP contribution in [-0.4, -0.2) is 27.0 Å². The van der Waals surface area contributed by atoms with Gasteiger partial charge in [0, 0.05) is 32.1 Å². The maximum absolute atomic E-state index is 14.2. The molecule has 0 atom stereocenters. The zero-order chi connectivity index (χ0) is 31.0. The molecule has 0 aliphatic heterocycles. The van der Waals surface area contributed by atoms with Crippen molar-refractivity contribution in [2.45, 2.75) is 40.0 Å². The molecule has 0 bridgehead atoms. The van der Waals surface area contributed by atoms with Gasteiger partial charge in [-0.05, 0) is 44.8 Å². The average molecular weight is 776 g/mol. The van der Waals surface area contributed by atoms with Crippen LogP contribution >= 0.6 is 0 Å². The molecule has 1 radical (unpaired) electrons. The van der Waals surface area contributed by atoms with Gasteiger partial charge in [0.15, 0.2) is 0 Å². The number of allylic oxidation sites excluding steroid dienone is 2. The van der Waals surface area contributed by atoms with Crippen molar-refractivity contribution in [3.8, 4) is 11.3 Å². The van der Waals surface area contributed by atoms with E-state index < -0.39 is 35.4 Å². The molecule has 0 saturated heterocycles.